The van der Waals surface area contributed by atoms with E-state index < -0.39 is 0 Å². The summed E-state index contributed by atoms with van der Waals surface area (Å²) in [5.41, 5.74) is 1.96. The Hall–Kier alpha value is -1.98. The Morgan fingerprint density at radius 3 is 3.00 bits per heavy atom. The van der Waals surface area contributed by atoms with E-state index in [0.29, 0.717) is 22.0 Å². The van der Waals surface area contributed by atoms with Crippen LogP contribution >= 0.6 is 23.4 Å². The molecule has 0 fully saturated rings. The van der Waals surface area contributed by atoms with E-state index in [1.165, 1.54) is 7.11 Å². The van der Waals surface area contributed by atoms with E-state index in [1.54, 1.807) is 23.9 Å². The third-order valence-electron chi connectivity index (χ3n) is 3.12. The van der Waals surface area contributed by atoms with Crippen molar-refractivity contribution in [2.24, 2.45) is 0 Å². The Morgan fingerprint density at radius 2 is 2.23 bits per heavy atom. The minimum Gasteiger partial charge on any atom is -0.465 e. The van der Waals surface area contributed by atoms with Crippen molar-refractivity contribution in [2.75, 3.05) is 7.11 Å². The van der Waals surface area contributed by atoms with Crippen LogP contribution in [0.25, 0.3) is 5.65 Å². The molecule has 22 heavy (non-hydrogen) atoms. The van der Waals surface area contributed by atoms with Crippen LogP contribution in [0.1, 0.15) is 16.1 Å². The van der Waals surface area contributed by atoms with Crippen LogP contribution in [0, 0.1) is 0 Å². The van der Waals surface area contributed by atoms with Gasteiger partial charge in [-0.15, -0.1) is 11.8 Å². The van der Waals surface area contributed by atoms with Crippen LogP contribution in [0.4, 0.5) is 0 Å². The molecule has 0 radical (unpaired) electrons. The highest BCUT2D eigenvalue weighted by atomic mass is 35.5. The standard InChI is InChI=1S/C16H13ClN2O2S/c1-21-16(20)14-6-3-7-19-9-12(18-15(14)19)10-22-13-5-2-4-11(17)8-13/h2-9H,10H2,1H3. The molecule has 0 aliphatic carbocycles. The summed E-state index contributed by atoms with van der Waals surface area (Å²) in [6, 6.07) is 11.2. The topological polar surface area (TPSA) is 43.6 Å². The normalized spacial score (nSPS) is 10.8. The molecule has 0 saturated carbocycles. The average Bonchev–Trinajstić information content (AvgIpc) is 2.95. The number of aromatic nitrogens is 2. The number of ether oxygens (including phenoxy) is 1. The lowest BCUT2D eigenvalue weighted by atomic mass is 10.3. The molecule has 0 aliphatic rings. The van der Waals surface area contributed by atoms with Gasteiger partial charge in [0.05, 0.1) is 12.8 Å². The van der Waals surface area contributed by atoms with E-state index in [1.807, 2.05) is 41.1 Å². The fraction of sp³-hybridized carbons (Fsp3) is 0.125. The molecule has 3 aromatic rings. The highest BCUT2D eigenvalue weighted by molar-refractivity contribution is 7.98. The number of carbonyl (C=O) groups excluding carboxylic acids is 1. The molecule has 3 rings (SSSR count). The number of hydrogen-bond acceptors (Lipinski definition) is 4. The number of benzene rings is 1. The Balaban J connectivity index is 1.85. The van der Waals surface area contributed by atoms with Crippen molar-refractivity contribution in [1.82, 2.24) is 9.38 Å². The second kappa shape index (κ2) is 6.42. The van der Waals surface area contributed by atoms with Crippen molar-refractivity contribution in [3.05, 3.63) is 65.1 Å². The molecule has 0 atom stereocenters. The SMILES string of the molecule is COC(=O)c1cccn2cc(CSc3cccc(Cl)c3)nc12. The number of thioether (sulfide) groups is 1. The third-order valence-corrected chi connectivity index (χ3v) is 4.38. The minimum atomic E-state index is -0.384. The lowest BCUT2D eigenvalue weighted by Gasteiger charge is -2.00. The van der Waals surface area contributed by atoms with Crippen LogP contribution in [-0.4, -0.2) is 22.5 Å². The second-order valence-electron chi connectivity index (χ2n) is 4.62. The van der Waals surface area contributed by atoms with Gasteiger partial charge in [-0.05, 0) is 30.3 Å². The van der Waals surface area contributed by atoms with E-state index in [-0.39, 0.29) is 5.97 Å². The van der Waals surface area contributed by atoms with E-state index >= 15 is 0 Å². The third kappa shape index (κ3) is 3.10. The van der Waals surface area contributed by atoms with Gasteiger partial charge >= 0.3 is 5.97 Å². The molecule has 4 nitrogen and oxygen atoms in total. The van der Waals surface area contributed by atoms with Crippen molar-refractivity contribution < 1.29 is 9.53 Å². The predicted octanol–water partition coefficient (Wildman–Crippen LogP) is 4.07. The number of imidazole rings is 1. The molecule has 0 bridgehead atoms. The fourth-order valence-electron chi connectivity index (χ4n) is 2.12. The summed E-state index contributed by atoms with van der Waals surface area (Å²) in [4.78, 5) is 17.4. The average molecular weight is 333 g/mol. The van der Waals surface area contributed by atoms with Gasteiger partial charge in [0.1, 0.15) is 5.56 Å². The maximum Gasteiger partial charge on any atom is 0.341 e. The molecule has 0 saturated heterocycles. The van der Waals surface area contributed by atoms with Crippen molar-refractivity contribution in [2.45, 2.75) is 10.6 Å². The predicted molar refractivity (Wildman–Crippen MR) is 87.5 cm³/mol. The minimum absolute atomic E-state index is 0.384. The van der Waals surface area contributed by atoms with Gasteiger partial charge in [0, 0.05) is 28.1 Å². The Kier molecular flexibility index (Phi) is 4.36. The zero-order valence-electron chi connectivity index (χ0n) is 11.8. The largest absolute Gasteiger partial charge is 0.465 e. The number of methoxy groups -OCH3 is 1. The van der Waals surface area contributed by atoms with Gasteiger partial charge in [0.25, 0.3) is 0 Å². The number of fused-ring (bicyclic) bond motifs is 1. The van der Waals surface area contributed by atoms with E-state index in [9.17, 15) is 4.79 Å². The van der Waals surface area contributed by atoms with E-state index in [4.69, 9.17) is 16.3 Å². The first-order valence-electron chi connectivity index (χ1n) is 6.60. The van der Waals surface area contributed by atoms with Crippen LogP contribution in [0.2, 0.25) is 5.02 Å². The number of hydrogen-bond donors (Lipinski definition) is 0. The smallest absolute Gasteiger partial charge is 0.341 e. The van der Waals surface area contributed by atoms with Crippen molar-refractivity contribution in [3.63, 3.8) is 0 Å². The first-order valence-corrected chi connectivity index (χ1v) is 7.97. The quantitative estimate of drug-likeness (QED) is 0.533. The number of nitrogens with zero attached hydrogens (tertiary/aromatic N) is 2. The molecular weight excluding hydrogens is 320 g/mol. The number of esters is 1. The molecular formula is C16H13ClN2O2S. The molecule has 0 aliphatic heterocycles. The summed E-state index contributed by atoms with van der Waals surface area (Å²) in [6.45, 7) is 0. The number of pyridine rings is 1. The molecule has 0 spiro atoms. The molecule has 6 heteroatoms. The van der Waals surface area contributed by atoms with Gasteiger partial charge < -0.3 is 9.14 Å². The van der Waals surface area contributed by atoms with Crippen LogP contribution in [0.15, 0.2) is 53.7 Å². The molecule has 2 aromatic heterocycles. The first kappa shape index (κ1) is 14.9. The van der Waals surface area contributed by atoms with Crippen LogP contribution in [0.5, 0.6) is 0 Å². The maximum absolute atomic E-state index is 11.8. The number of carbonyl (C=O) groups is 1. The summed E-state index contributed by atoms with van der Waals surface area (Å²) in [7, 11) is 1.37. The lowest BCUT2D eigenvalue weighted by Crippen LogP contribution is -2.03. The van der Waals surface area contributed by atoms with Crippen LogP contribution in [-0.2, 0) is 10.5 Å². The zero-order chi connectivity index (χ0) is 15.5. The van der Waals surface area contributed by atoms with Crippen molar-refractivity contribution in [1.29, 1.82) is 0 Å². The highest BCUT2D eigenvalue weighted by Crippen LogP contribution is 2.25. The molecule has 2 heterocycles. The van der Waals surface area contributed by atoms with Gasteiger partial charge in [-0.3, -0.25) is 0 Å². The van der Waals surface area contributed by atoms with Gasteiger partial charge in [0.15, 0.2) is 5.65 Å². The summed E-state index contributed by atoms with van der Waals surface area (Å²) in [5, 5.41) is 0.716. The summed E-state index contributed by atoms with van der Waals surface area (Å²) < 4.78 is 6.62. The van der Waals surface area contributed by atoms with Crippen molar-refractivity contribution in [3.8, 4) is 0 Å². The van der Waals surface area contributed by atoms with Gasteiger partial charge in [-0.2, -0.15) is 0 Å². The number of rotatable bonds is 4. The molecule has 1 aromatic carbocycles. The Labute approximate surface area is 137 Å². The Bertz CT molecular complexity index is 832. The summed E-state index contributed by atoms with van der Waals surface area (Å²) in [5.74, 6) is 0.313. The maximum atomic E-state index is 11.8. The highest BCUT2D eigenvalue weighted by Gasteiger charge is 2.13. The summed E-state index contributed by atoms with van der Waals surface area (Å²) >= 11 is 7.62. The monoisotopic (exact) mass is 332 g/mol. The van der Waals surface area contributed by atoms with Crippen LogP contribution in [0.3, 0.4) is 0 Å². The fourth-order valence-corrected chi connectivity index (χ4v) is 3.21. The van der Waals surface area contributed by atoms with Gasteiger partial charge in [-0.1, -0.05) is 17.7 Å². The number of halogens is 1. The van der Waals surface area contributed by atoms with Crippen LogP contribution < -0.4 is 0 Å². The van der Waals surface area contributed by atoms with Gasteiger partial charge in [-0.25, -0.2) is 9.78 Å². The molecule has 0 amide bonds. The molecule has 0 N–H and O–H groups in total. The lowest BCUT2D eigenvalue weighted by molar-refractivity contribution is 0.0602. The van der Waals surface area contributed by atoms with Gasteiger partial charge in [0.2, 0.25) is 0 Å². The van der Waals surface area contributed by atoms with Crippen molar-refractivity contribution >= 4 is 35.0 Å². The second-order valence-corrected chi connectivity index (χ2v) is 6.11. The summed E-state index contributed by atoms with van der Waals surface area (Å²) in [6.07, 6.45) is 3.78. The van der Waals surface area contributed by atoms with E-state index in [2.05, 4.69) is 4.98 Å². The Morgan fingerprint density at radius 1 is 1.36 bits per heavy atom. The zero-order valence-corrected chi connectivity index (χ0v) is 13.4. The molecule has 0 unspecified atom stereocenters. The molecule has 112 valence electrons. The van der Waals surface area contributed by atoms with E-state index in [0.717, 1.165) is 10.6 Å². The first-order chi connectivity index (χ1) is 10.7.